The number of hydrogen-bond donors (Lipinski definition) is 0. The Balaban J connectivity index is 1.70. The van der Waals surface area contributed by atoms with Crippen molar-refractivity contribution in [1.82, 2.24) is 14.8 Å². The molecule has 132 valence electrons. The van der Waals surface area contributed by atoms with Crippen molar-refractivity contribution in [3.63, 3.8) is 0 Å². The second-order valence-electron chi connectivity index (χ2n) is 7.21. The third-order valence-electron chi connectivity index (χ3n) is 5.15. The quantitative estimate of drug-likeness (QED) is 0.833. The highest BCUT2D eigenvalue weighted by molar-refractivity contribution is 5.83. The van der Waals surface area contributed by atoms with Gasteiger partial charge in [-0.05, 0) is 37.8 Å². The van der Waals surface area contributed by atoms with E-state index in [4.69, 9.17) is 0 Å². The molecule has 1 aromatic heterocycles. The molecule has 0 bridgehead atoms. The molecule has 25 heavy (non-hydrogen) atoms. The Morgan fingerprint density at radius 2 is 1.88 bits per heavy atom. The fourth-order valence-electron chi connectivity index (χ4n) is 3.89. The summed E-state index contributed by atoms with van der Waals surface area (Å²) in [5.41, 5.74) is -0.348. The molecule has 0 radical (unpaired) electrons. The van der Waals surface area contributed by atoms with Crippen LogP contribution in [0.15, 0.2) is 24.3 Å². The van der Waals surface area contributed by atoms with Crippen LogP contribution in [0.2, 0.25) is 0 Å². The van der Waals surface area contributed by atoms with Gasteiger partial charge in [-0.2, -0.15) is 18.3 Å². The predicted octanol–water partition coefficient (Wildman–Crippen LogP) is 4.24. The van der Waals surface area contributed by atoms with Gasteiger partial charge in [0.05, 0.1) is 5.56 Å². The lowest BCUT2D eigenvalue weighted by Gasteiger charge is -2.10. The molecule has 0 saturated heterocycles. The van der Waals surface area contributed by atoms with Gasteiger partial charge in [-0.15, -0.1) is 0 Å². The number of carbonyl (C=O) groups is 1. The molecule has 4 rings (SSSR count). The Kier molecular flexibility index (Phi) is 3.53. The van der Waals surface area contributed by atoms with Crippen LogP contribution in [0, 0.1) is 11.8 Å². The van der Waals surface area contributed by atoms with Gasteiger partial charge in [0.25, 0.3) is 0 Å². The van der Waals surface area contributed by atoms with Gasteiger partial charge in [-0.25, -0.2) is 9.67 Å². The van der Waals surface area contributed by atoms with E-state index in [1.54, 1.807) is 10.7 Å². The average Bonchev–Trinajstić information content (AvgIpc) is 2.90. The van der Waals surface area contributed by atoms with Crippen LogP contribution >= 0.6 is 0 Å². The third-order valence-corrected chi connectivity index (χ3v) is 5.15. The van der Waals surface area contributed by atoms with E-state index in [0.29, 0.717) is 41.8 Å². The van der Waals surface area contributed by atoms with Gasteiger partial charge in [-0.3, -0.25) is 4.79 Å². The number of fused-ring (bicyclic) bond motifs is 1. The van der Waals surface area contributed by atoms with Gasteiger partial charge < -0.3 is 0 Å². The Bertz CT molecular complexity index is 826. The van der Waals surface area contributed by atoms with E-state index < -0.39 is 11.7 Å². The summed E-state index contributed by atoms with van der Waals surface area (Å²) < 4.78 is 40.6. The number of hydrogen-bond acceptors (Lipinski definition) is 3. The highest BCUT2D eigenvalue weighted by Gasteiger charge is 2.58. The smallest absolute Gasteiger partial charge is 0.300 e. The molecule has 0 spiro atoms. The van der Waals surface area contributed by atoms with Crippen molar-refractivity contribution in [2.75, 3.05) is 0 Å². The molecule has 0 amide bonds. The number of halogens is 3. The molecule has 2 aliphatic carbocycles. The van der Waals surface area contributed by atoms with Crippen LogP contribution in [-0.4, -0.2) is 20.5 Å². The number of carbonyl (C=O) groups excluding carboxylic acids is 1. The van der Waals surface area contributed by atoms with Crippen molar-refractivity contribution in [2.45, 2.75) is 44.8 Å². The van der Waals surface area contributed by atoms with E-state index in [1.165, 1.54) is 6.07 Å². The fraction of sp³-hybridized carbons (Fsp3) is 0.500. The molecule has 2 aliphatic rings. The summed E-state index contributed by atoms with van der Waals surface area (Å²) in [6.45, 7) is 3.94. The molecule has 7 heteroatoms. The lowest BCUT2D eigenvalue weighted by Crippen LogP contribution is -2.10. The second kappa shape index (κ2) is 5.41. The van der Waals surface area contributed by atoms with E-state index in [-0.39, 0.29) is 12.0 Å². The number of rotatable bonds is 3. The van der Waals surface area contributed by atoms with Crippen molar-refractivity contribution in [1.29, 1.82) is 0 Å². The maximum absolute atomic E-state index is 12.9. The molecule has 2 aromatic rings. The van der Waals surface area contributed by atoms with Gasteiger partial charge in [0, 0.05) is 30.4 Å². The Morgan fingerprint density at radius 1 is 1.20 bits per heavy atom. The molecule has 2 unspecified atom stereocenters. The summed E-state index contributed by atoms with van der Waals surface area (Å²) >= 11 is 0. The topological polar surface area (TPSA) is 47.8 Å². The predicted molar refractivity (Wildman–Crippen MR) is 84.8 cm³/mol. The van der Waals surface area contributed by atoms with Crippen molar-refractivity contribution >= 4 is 5.78 Å². The van der Waals surface area contributed by atoms with Crippen molar-refractivity contribution < 1.29 is 18.0 Å². The van der Waals surface area contributed by atoms with Crippen molar-refractivity contribution in [3.05, 3.63) is 35.7 Å². The zero-order valence-electron chi connectivity index (χ0n) is 13.9. The molecule has 0 N–H and O–H groups in total. The van der Waals surface area contributed by atoms with Crippen LogP contribution in [0.25, 0.3) is 11.4 Å². The number of Topliss-reactive ketones (excluding diaryl/α,β-unsaturated/α-hetero) is 1. The first-order valence-electron chi connectivity index (χ1n) is 8.41. The minimum Gasteiger partial charge on any atom is -0.300 e. The minimum atomic E-state index is -4.40. The third kappa shape index (κ3) is 2.75. The van der Waals surface area contributed by atoms with Gasteiger partial charge >= 0.3 is 6.18 Å². The maximum atomic E-state index is 12.9. The fourth-order valence-corrected chi connectivity index (χ4v) is 3.89. The van der Waals surface area contributed by atoms with E-state index in [0.717, 1.165) is 18.0 Å². The van der Waals surface area contributed by atoms with E-state index in [9.17, 15) is 18.0 Å². The molecule has 0 aliphatic heterocycles. The van der Waals surface area contributed by atoms with Crippen LogP contribution in [0.1, 0.15) is 50.0 Å². The Hall–Kier alpha value is -2.18. The largest absolute Gasteiger partial charge is 0.416 e. The van der Waals surface area contributed by atoms with Crippen molar-refractivity contribution in [2.24, 2.45) is 11.8 Å². The molecule has 2 atom stereocenters. The van der Waals surface area contributed by atoms with Gasteiger partial charge in [0.1, 0.15) is 11.6 Å². The zero-order chi connectivity index (χ0) is 17.9. The van der Waals surface area contributed by atoms with E-state index in [2.05, 4.69) is 10.1 Å². The molecule has 1 heterocycles. The molecular formula is C18H18F3N3O. The summed E-state index contributed by atoms with van der Waals surface area (Å²) in [5.74, 6) is 2.25. The van der Waals surface area contributed by atoms with Crippen LogP contribution in [0.3, 0.4) is 0 Å². The van der Waals surface area contributed by atoms with E-state index in [1.807, 2.05) is 13.8 Å². The first-order valence-corrected chi connectivity index (χ1v) is 8.41. The molecule has 4 nitrogen and oxygen atoms in total. The second-order valence-corrected chi connectivity index (χ2v) is 7.21. The normalized spacial score (nSPS) is 25.5. The average molecular weight is 349 g/mol. The summed E-state index contributed by atoms with van der Waals surface area (Å²) in [7, 11) is 0. The monoisotopic (exact) mass is 349 g/mol. The van der Waals surface area contributed by atoms with Crippen LogP contribution in [0.5, 0.6) is 0 Å². The standard InChI is InChI=1S/C18H18F3N3O/c1-9(2)24-17(15-13-7-12(25)8-14(13)15)22-16(23-24)10-4-3-5-11(6-10)18(19,20)21/h3-6,9,13-15H,7-8H2,1-2H3. The zero-order valence-corrected chi connectivity index (χ0v) is 13.9. The molecular weight excluding hydrogens is 331 g/mol. The number of ketones is 1. The molecule has 2 fully saturated rings. The highest BCUT2D eigenvalue weighted by Crippen LogP contribution is 2.61. The lowest BCUT2D eigenvalue weighted by atomic mass is 10.1. The number of nitrogens with zero attached hydrogens (tertiary/aromatic N) is 3. The Labute approximate surface area is 143 Å². The first kappa shape index (κ1) is 16.3. The van der Waals surface area contributed by atoms with Gasteiger partial charge in [0.2, 0.25) is 0 Å². The van der Waals surface area contributed by atoms with E-state index >= 15 is 0 Å². The summed E-state index contributed by atoms with van der Waals surface area (Å²) in [6, 6.07) is 5.15. The van der Waals surface area contributed by atoms with Crippen LogP contribution < -0.4 is 0 Å². The number of aromatic nitrogens is 3. The summed E-state index contributed by atoms with van der Waals surface area (Å²) in [6.07, 6.45) is -3.23. The highest BCUT2D eigenvalue weighted by atomic mass is 19.4. The molecule has 2 saturated carbocycles. The molecule has 1 aromatic carbocycles. The van der Waals surface area contributed by atoms with Crippen LogP contribution in [0.4, 0.5) is 13.2 Å². The van der Waals surface area contributed by atoms with Crippen molar-refractivity contribution in [3.8, 4) is 11.4 Å². The number of alkyl halides is 3. The first-order chi connectivity index (χ1) is 11.8. The van der Waals surface area contributed by atoms with Gasteiger partial charge in [-0.1, -0.05) is 12.1 Å². The number of benzene rings is 1. The maximum Gasteiger partial charge on any atom is 0.416 e. The van der Waals surface area contributed by atoms with Gasteiger partial charge in [0.15, 0.2) is 5.82 Å². The lowest BCUT2D eigenvalue weighted by molar-refractivity contribution is -0.137. The Morgan fingerprint density at radius 3 is 2.48 bits per heavy atom. The summed E-state index contributed by atoms with van der Waals surface area (Å²) in [5, 5.41) is 4.46. The summed E-state index contributed by atoms with van der Waals surface area (Å²) in [4.78, 5) is 16.1. The van der Waals surface area contributed by atoms with Crippen LogP contribution in [-0.2, 0) is 11.0 Å². The SMILES string of the molecule is CC(C)n1nc(-c2cccc(C(F)(F)F)c2)nc1C1C2CC(=O)CC21. The minimum absolute atomic E-state index is 0.0547.